The maximum absolute atomic E-state index is 5.81. The molecule has 32 heavy (non-hydrogen) atoms. The number of ether oxygens (including phenoxy) is 2. The first-order valence-electron chi connectivity index (χ1n) is 11.4. The summed E-state index contributed by atoms with van der Waals surface area (Å²) < 4.78 is 15.6. The van der Waals surface area contributed by atoms with Crippen LogP contribution < -0.4 is 0 Å². The lowest BCUT2D eigenvalue weighted by Gasteiger charge is -2.13. The Labute approximate surface area is 190 Å². The smallest absolute Gasteiger partial charge is 0.165 e. The number of aromatic nitrogens is 4. The van der Waals surface area contributed by atoms with Gasteiger partial charge >= 0.3 is 0 Å². The predicted molar refractivity (Wildman–Crippen MR) is 129 cm³/mol. The van der Waals surface area contributed by atoms with E-state index in [4.69, 9.17) is 19.6 Å². The van der Waals surface area contributed by atoms with E-state index >= 15 is 0 Å². The molecule has 3 aromatic heterocycles. The molecule has 0 aliphatic rings. The average molecular weight is 435 g/mol. The summed E-state index contributed by atoms with van der Waals surface area (Å²) in [5.74, 6) is 0. The van der Waals surface area contributed by atoms with Crippen LogP contribution >= 0.6 is 0 Å². The highest BCUT2D eigenvalue weighted by Crippen LogP contribution is 2.35. The molecule has 0 aliphatic carbocycles. The van der Waals surface area contributed by atoms with Gasteiger partial charge in [0.1, 0.15) is 5.65 Å². The van der Waals surface area contributed by atoms with Crippen LogP contribution in [-0.4, -0.2) is 39.5 Å². The van der Waals surface area contributed by atoms with Gasteiger partial charge in [0.15, 0.2) is 5.65 Å². The van der Waals surface area contributed by atoms with Gasteiger partial charge in [-0.25, -0.2) is 4.98 Å². The minimum atomic E-state index is 0.534. The van der Waals surface area contributed by atoms with E-state index in [1.807, 2.05) is 4.52 Å². The molecule has 0 unspecified atom stereocenters. The first-order chi connectivity index (χ1) is 15.4. The number of aryl methyl sites for hydroxylation is 5. The summed E-state index contributed by atoms with van der Waals surface area (Å²) in [6.45, 7) is 15.5. The Morgan fingerprint density at radius 1 is 0.906 bits per heavy atom. The van der Waals surface area contributed by atoms with Crippen LogP contribution in [0.15, 0.2) is 18.2 Å². The Kier molecular flexibility index (Phi) is 6.35. The van der Waals surface area contributed by atoms with Gasteiger partial charge in [0.2, 0.25) is 0 Å². The molecule has 0 radical (unpaired) electrons. The third-order valence-corrected chi connectivity index (χ3v) is 6.08. The van der Waals surface area contributed by atoms with Crippen molar-refractivity contribution in [3.8, 4) is 11.1 Å². The maximum Gasteiger partial charge on any atom is 0.165 e. The zero-order chi connectivity index (χ0) is 23.0. The lowest BCUT2D eigenvalue weighted by molar-refractivity contribution is 0.124. The topological polar surface area (TPSA) is 53.6 Å². The standard InChI is InChI=1S/C26H34N4O2/c1-8-10-32-11-9-29-21(15-31-7)14-22-19(5)27-25-24(20(6)28-30(25)26(22)29)23-17(3)12-16(2)13-18(23)4/h12-14H,8-11,15H2,1-7H3. The molecule has 1 aromatic carbocycles. The third kappa shape index (κ3) is 3.82. The van der Waals surface area contributed by atoms with Gasteiger partial charge in [0, 0.05) is 31.3 Å². The van der Waals surface area contributed by atoms with Gasteiger partial charge in [-0.05, 0) is 63.8 Å². The van der Waals surface area contributed by atoms with Crippen molar-refractivity contribution in [2.45, 2.75) is 61.1 Å². The fraction of sp³-hybridized carbons (Fsp3) is 0.462. The van der Waals surface area contributed by atoms with Crippen LogP contribution in [0, 0.1) is 34.6 Å². The van der Waals surface area contributed by atoms with Crippen molar-refractivity contribution in [1.82, 2.24) is 19.2 Å². The molecule has 0 saturated carbocycles. The Hall–Kier alpha value is -2.70. The van der Waals surface area contributed by atoms with Gasteiger partial charge in [0.25, 0.3) is 0 Å². The fourth-order valence-electron chi connectivity index (χ4n) is 4.86. The van der Waals surface area contributed by atoms with Crippen LogP contribution in [0.4, 0.5) is 0 Å². The van der Waals surface area contributed by atoms with Crippen LogP contribution in [0.3, 0.4) is 0 Å². The second kappa shape index (κ2) is 9.04. The van der Waals surface area contributed by atoms with E-state index in [2.05, 4.69) is 64.3 Å². The summed E-state index contributed by atoms with van der Waals surface area (Å²) in [5, 5.41) is 6.10. The van der Waals surface area contributed by atoms with Gasteiger partial charge in [0.05, 0.1) is 30.2 Å². The predicted octanol–water partition coefficient (Wildman–Crippen LogP) is 5.47. The number of hydrogen-bond acceptors (Lipinski definition) is 4. The largest absolute Gasteiger partial charge is 0.380 e. The number of hydrogen-bond donors (Lipinski definition) is 0. The zero-order valence-electron chi connectivity index (χ0n) is 20.4. The highest BCUT2D eigenvalue weighted by atomic mass is 16.5. The molecule has 6 heteroatoms. The van der Waals surface area contributed by atoms with Crippen molar-refractivity contribution in [2.75, 3.05) is 20.3 Å². The molecular weight excluding hydrogens is 400 g/mol. The van der Waals surface area contributed by atoms with E-state index in [-0.39, 0.29) is 0 Å². The number of nitrogens with zero attached hydrogens (tertiary/aromatic N) is 4. The summed E-state index contributed by atoms with van der Waals surface area (Å²) in [5.41, 5.74) is 11.2. The minimum Gasteiger partial charge on any atom is -0.380 e. The number of benzene rings is 1. The molecule has 0 atom stereocenters. The van der Waals surface area contributed by atoms with Crippen molar-refractivity contribution >= 4 is 16.7 Å². The van der Waals surface area contributed by atoms with Gasteiger partial charge < -0.3 is 14.0 Å². The Balaban J connectivity index is 1.99. The van der Waals surface area contributed by atoms with Crippen LogP contribution in [0.1, 0.15) is 47.1 Å². The van der Waals surface area contributed by atoms with Crippen LogP contribution in [0.25, 0.3) is 27.8 Å². The molecule has 170 valence electrons. The SMILES string of the molecule is CCCOCCn1c(COC)cc2c(C)nc3c(-c4c(C)cc(C)cc4C)c(C)nn3c21. The molecule has 4 rings (SSSR count). The van der Waals surface area contributed by atoms with Crippen molar-refractivity contribution in [1.29, 1.82) is 0 Å². The molecule has 3 heterocycles. The van der Waals surface area contributed by atoms with Crippen molar-refractivity contribution in [3.05, 3.63) is 52.0 Å². The summed E-state index contributed by atoms with van der Waals surface area (Å²) in [6, 6.07) is 6.65. The van der Waals surface area contributed by atoms with Crippen LogP contribution in [-0.2, 0) is 22.6 Å². The first-order valence-corrected chi connectivity index (χ1v) is 11.4. The summed E-state index contributed by atoms with van der Waals surface area (Å²) in [4.78, 5) is 5.04. The lowest BCUT2D eigenvalue weighted by atomic mass is 9.94. The van der Waals surface area contributed by atoms with Crippen molar-refractivity contribution in [3.63, 3.8) is 0 Å². The molecule has 0 amide bonds. The zero-order valence-corrected chi connectivity index (χ0v) is 20.4. The average Bonchev–Trinajstić information content (AvgIpc) is 3.24. The number of fused-ring (bicyclic) bond motifs is 3. The van der Waals surface area contributed by atoms with Crippen LogP contribution in [0.2, 0.25) is 0 Å². The lowest BCUT2D eigenvalue weighted by Crippen LogP contribution is -2.12. The molecule has 0 aliphatic heterocycles. The quantitative estimate of drug-likeness (QED) is 0.345. The number of rotatable bonds is 8. The summed E-state index contributed by atoms with van der Waals surface area (Å²) in [7, 11) is 1.73. The van der Waals surface area contributed by atoms with E-state index < -0.39 is 0 Å². The molecule has 0 spiro atoms. The minimum absolute atomic E-state index is 0.534. The fourth-order valence-corrected chi connectivity index (χ4v) is 4.86. The van der Waals surface area contributed by atoms with Gasteiger partial charge in [-0.3, -0.25) is 0 Å². The molecule has 4 aromatic rings. The normalized spacial score (nSPS) is 11.8. The summed E-state index contributed by atoms with van der Waals surface area (Å²) >= 11 is 0. The molecule has 0 N–H and O–H groups in total. The molecule has 0 fully saturated rings. The maximum atomic E-state index is 5.81. The first kappa shape index (κ1) is 22.5. The van der Waals surface area contributed by atoms with E-state index in [1.54, 1.807) is 7.11 Å². The van der Waals surface area contributed by atoms with Crippen LogP contribution in [0.5, 0.6) is 0 Å². The summed E-state index contributed by atoms with van der Waals surface area (Å²) in [6.07, 6.45) is 1.02. The Bertz CT molecular complexity index is 1260. The molecular formula is C26H34N4O2. The van der Waals surface area contributed by atoms with Gasteiger partial charge in [-0.2, -0.15) is 9.61 Å². The van der Waals surface area contributed by atoms with E-state index in [9.17, 15) is 0 Å². The number of methoxy groups -OCH3 is 1. The second-order valence-corrected chi connectivity index (χ2v) is 8.74. The van der Waals surface area contributed by atoms with E-state index in [1.165, 1.54) is 22.3 Å². The Morgan fingerprint density at radius 2 is 1.62 bits per heavy atom. The van der Waals surface area contributed by atoms with Crippen molar-refractivity contribution in [2.24, 2.45) is 0 Å². The van der Waals surface area contributed by atoms with E-state index in [0.717, 1.165) is 58.9 Å². The molecule has 0 bridgehead atoms. The monoisotopic (exact) mass is 434 g/mol. The van der Waals surface area contributed by atoms with Crippen molar-refractivity contribution < 1.29 is 9.47 Å². The highest BCUT2D eigenvalue weighted by molar-refractivity contribution is 5.90. The molecule has 0 saturated heterocycles. The van der Waals surface area contributed by atoms with E-state index in [0.29, 0.717) is 13.2 Å². The Morgan fingerprint density at radius 3 is 2.28 bits per heavy atom. The molecule has 6 nitrogen and oxygen atoms in total. The van der Waals surface area contributed by atoms with Gasteiger partial charge in [-0.1, -0.05) is 24.6 Å². The highest BCUT2D eigenvalue weighted by Gasteiger charge is 2.22. The third-order valence-electron chi connectivity index (χ3n) is 6.08. The second-order valence-electron chi connectivity index (χ2n) is 8.74. The van der Waals surface area contributed by atoms with Gasteiger partial charge in [-0.15, -0.1) is 0 Å².